The number of imidazole rings is 1. The van der Waals surface area contributed by atoms with E-state index < -0.39 is 0 Å². The topological polar surface area (TPSA) is 45.8 Å². The molecule has 2 aromatic rings. The van der Waals surface area contributed by atoms with Crippen molar-refractivity contribution in [2.45, 2.75) is 40.0 Å². The average Bonchev–Trinajstić information content (AvgIpc) is 2.99. The van der Waals surface area contributed by atoms with E-state index in [0.717, 1.165) is 35.3 Å². The zero-order valence-corrected chi connectivity index (χ0v) is 12.3. The maximum absolute atomic E-state index is 11.9. The lowest BCUT2D eigenvalue weighted by Gasteiger charge is -2.28. The van der Waals surface area contributed by atoms with E-state index in [0.29, 0.717) is 6.42 Å². The van der Waals surface area contributed by atoms with Crippen molar-refractivity contribution in [3.63, 3.8) is 0 Å². The lowest BCUT2D eigenvalue weighted by atomic mass is 9.76. The summed E-state index contributed by atoms with van der Waals surface area (Å²) in [6.07, 6.45) is 4.34. The molecule has 0 atom stereocenters. The molecule has 0 saturated heterocycles. The van der Waals surface area contributed by atoms with Crippen molar-refractivity contribution in [1.29, 1.82) is 0 Å². The van der Waals surface area contributed by atoms with Crippen LogP contribution in [0.4, 0.5) is 0 Å². The third-order valence-electron chi connectivity index (χ3n) is 4.64. The van der Waals surface area contributed by atoms with Crippen molar-refractivity contribution < 1.29 is 4.79 Å². The summed E-state index contributed by atoms with van der Waals surface area (Å²) in [5, 5.41) is 0. The van der Waals surface area contributed by atoms with E-state index in [9.17, 15) is 4.79 Å². The lowest BCUT2D eigenvalue weighted by Crippen LogP contribution is -2.19. The van der Waals surface area contributed by atoms with Crippen LogP contribution < -0.4 is 0 Å². The maximum Gasteiger partial charge on any atom is 0.157 e. The van der Waals surface area contributed by atoms with Crippen molar-refractivity contribution in [3.8, 4) is 0 Å². The van der Waals surface area contributed by atoms with E-state index in [2.05, 4.69) is 42.9 Å². The molecule has 0 bridgehead atoms. The molecule has 1 aliphatic rings. The summed E-state index contributed by atoms with van der Waals surface area (Å²) in [5.41, 5.74) is 4.26. The van der Waals surface area contributed by atoms with Gasteiger partial charge in [0.2, 0.25) is 0 Å². The summed E-state index contributed by atoms with van der Waals surface area (Å²) in [6.45, 7) is 6.38. The van der Waals surface area contributed by atoms with Crippen LogP contribution >= 0.6 is 0 Å². The highest BCUT2D eigenvalue weighted by Gasteiger charge is 2.39. The number of hydrogen-bond donors (Lipinski definition) is 1. The number of carbonyl (C=O) groups is 1. The van der Waals surface area contributed by atoms with Crippen molar-refractivity contribution >= 4 is 22.4 Å². The van der Waals surface area contributed by atoms with Gasteiger partial charge in [0.25, 0.3) is 0 Å². The smallest absolute Gasteiger partial charge is 0.157 e. The zero-order valence-electron chi connectivity index (χ0n) is 12.3. The summed E-state index contributed by atoms with van der Waals surface area (Å²) >= 11 is 0. The van der Waals surface area contributed by atoms with Gasteiger partial charge in [0, 0.05) is 17.4 Å². The van der Waals surface area contributed by atoms with Gasteiger partial charge in [-0.25, -0.2) is 4.98 Å². The first-order valence-corrected chi connectivity index (χ1v) is 7.30. The molecule has 1 aromatic carbocycles. The molecule has 0 radical (unpaired) electrons. The molecular formula is C17H20N2O. The number of aromatic amines is 1. The number of ketones is 1. The van der Waals surface area contributed by atoms with Crippen LogP contribution in [0.1, 0.15) is 44.5 Å². The van der Waals surface area contributed by atoms with Gasteiger partial charge in [-0.15, -0.1) is 0 Å². The first-order chi connectivity index (χ1) is 9.58. The SMILES string of the molecule is CCC1(CC)CC(=O)C=C1c1nc2ccc(C)cc2[nH]1. The minimum absolute atomic E-state index is 0.0417. The lowest BCUT2D eigenvalue weighted by molar-refractivity contribution is -0.115. The molecule has 104 valence electrons. The fourth-order valence-corrected chi connectivity index (χ4v) is 3.25. The average molecular weight is 268 g/mol. The number of hydrogen-bond acceptors (Lipinski definition) is 2. The highest BCUT2D eigenvalue weighted by Crippen LogP contribution is 2.47. The van der Waals surface area contributed by atoms with E-state index >= 15 is 0 Å². The monoisotopic (exact) mass is 268 g/mol. The highest BCUT2D eigenvalue weighted by molar-refractivity contribution is 6.03. The molecular weight excluding hydrogens is 248 g/mol. The Morgan fingerprint density at radius 1 is 1.30 bits per heavy atom. The van der Waals surface area contributed by atoms with E-state index in [1.807, 2.05) is 6.07 Å². The van der Waals surface area contributed by atoms with Gasteiger partial charge in [-0.2, -0.15) is 0 Å². The zero-order chi connectivity index (χ0) is 14.3. The van der Waals surface area contributed by atoms with Crippen molar-refractivity contribution in [2.75, 3.05) is 0 Å². The predicted octanol–water partition coefficient (Wildman–Crippen LogP) is 4.03. The second-order valence-electron chi connectivity index (χ2n) is 5.79. The van der Waals surface area contributed by atoms with Crippen LogP contribution in [0.3, 0.4) is 0 Å². The largest absolute Gasteiger partial charge is 0.338 e. The number of nitrogens with zero attached hydrogens (tertiary/aromatic N) is 1. The van der Waals surface area contributed by atoms with Gasteiger partial charge >= 0.3 is 0 Å². The Labute approximate surface area is 119 Å². The molecule has 1 aliphatic carbocycles. The van der Waals surface area contributed by atoms with Crippen molar-refractivity contribution in [3.05, 3.63) is 35.7 Å². The Kier molecular flexibility index (Phi) is 3.00. The van der Waals surface area contributed by atoms with E-state index in [1.54, 1.807) is 6.08 Å². The summed E-state index contributed by atoms with van der Waals surface area (Å²) in [5.74, 6) is 1.08. The molecule has 0 unspecified atom stereocenters. The number of nitrogens with one attached hydrogen (secondary N) is 1. The maximum atomic E-state index is 11.9. The molecule has 1 heterocycles. The standard InChI is InChI=1S/C17H20N2O/c1-4-17(5-2)10-12(20)9-13(17)16-18-14-7-6-11(3)8-15(14)19-16/h6-9H,4-5,10H2,1-3H3,(H,18,19). The molecule has 0 aliphatic heterocycles. The normalized spacial score (nSPS) is 17.8. The van der Waals surface area contributed by atoms with Crippen LogP contribution in [-0.2, 0) is 4.79 Å². The molecule has 3 nitrogen and oxygen atoms in total. The minimum atomic E-state index is -0.0417. The molecule has 0 fully saturated rings. The van der Waals surface area contributed by atoms with Crippen LogP contribution in [-0.4, -0.2) is 15.8 Å². The van der Waals surface area contributed by atoms with Gasteiger partial charge < -0.3 is 4.98 Å². The molecule has 0 spiro atoms. The first-order valence-electron chi connectivity index (χ1n) is 7.30. The highest BCUT2D eigenvalue weighted by atomic mass is 16.1. The number of aromatic nitrogens is 2. The number of fused-ring (bicyclic) bond motifs is 1. The number of carbonyl (C=O) groups excluding carboxylic acids is 1. The van der Waals surface area contributed by atoms with Gasteiger partial charge in [0.05, 0.1) is 11.0 Å². The molecule has 20 heavy (non-hydrogen) atoms. The third kappa shape index (κ3) is 1.89. The van der Waals surface area contributed by atoms with Gasteiger partial charge in [-0.1, -0.05) is 19.9 Å². The van der Waals surface area contributed by atoms with Crippen LogP contribution in [0.5, 0.6) is 0 Å². The Morgan fingerprint density at radius 3 is 2.75 bits per heavy atom. The second-order valence-corrected chi connectivity index (χ2v) is 5.79. The Hall–Kier alpha value is -1.90. The number of rotatable bonds is 3. The van der Waals surface area contributed by atoms with Crippen molar-refractivity contribution in [1.82, 2.24) is 9.97 Å². The molecule has 3 heteroatoms. The summed E-state index contributed by atoms with van der Waals surface area (Å²) in [7, 11) is 0. The van der Waals surface area contributed by atoms with E-state index in [-0.39, 0.29) is 11.2 Å². The summed E-state index contributed by atoms with van der Waals surface area (Å²) < 4.78 is 0. The Morgan fingerprint density at radius 2 is 2.05 bits per heavy atom. The summed E-state index contributed by atoms with van der Waals surface area (Å²) in [4.78, 5) is 20.0. The second kappa shape index (κ2) is 4.58. The molecule has 1 aromatic heterocycles. The van der Waals surface area contributed by atoms with Gasteiger partial charge in [-0.3, -0.25) is 4.79 Å². The van der Waals surface area contributed by atoms with Crippen LogP contribution in [0.2, 0.25) is 0 Å². The fraction of sp³-hybridized carbons (Fsp3) is 0.412. The number of H-pyrrole nitrogens is 1. The molecule has 0 saturated carbocycles. The minimum Gasteiger partial charge on any atom is -0.338 e. The van der Waals surface area contributed by atoms with Crippen LogP contribution in [0, 0.1) is 12.3 Å². The molecule has 3 rings (SSSR count). The number of aryl methyl sites for hydroxylation is 1. The first kappa shape index (κ1) is 13.1. The molecule has 0 amide bonds. The number of benzene rings is 1. The quantitative estimate of drug-likeness (QED) is 0.913. The van der Waals surface area contributed by atoms with Crippen LogP contribution in [0.25, 0.3) is 16.6 Å². The molecule has 1 N–H and O–H groups in total. The van der Waals surface area contributed by atoms with Gasteiger partial charge in [0.15, 0.2) is 5.78 Å². The van der Waals surface area contributed by atoms with E-state index in [1.165, 1.54) is 5.56 Å². The number of allylic oxidation sites excluding steroid dienone is 2. The van der Waals surface area contributed by atoms with E-state index in [4.69, 9.17) is 0 Å². The van der Waals surface area contributed by atoms with Gasteiger partial charge in [-0.05, 0) is 43.5 Å². The van der Waals surface area contributed by atoms with Crippen LogP contribution in [0.15, 0.2) is 24.3 Å². The summed E-state index contributed by atoms with van der Waals surface area (Å²) in [6, 6.07) is 6.19. The van der Waals surface area contributed by atoms with Gasteiger partial charge in [0.1, 0.15) is 5.82 Å². The predicted molar refractivity (Wildman–Crippen MR) is 81.4 cm³/mol. The Bertz CT molecular complexity index is 705. The fourth-order valence-electron chi connectivity index (χ4n) is 3.25. The Balaban J connectivity index is 2.13. The third-order valence-corrected chi connectivity index (χ3v) is 4.64. The van der Waals surface area contributed by atoms with Crippen molar-refractivity contribution in [2.24, 2.45) is 5.41 Å².